The summed E-state index contributed by atoms with van der Waals surface area (Å²) in [6, 6.07) is -0.324. The van der Waals surface area contributed by atoms with Gasteiger partial charge in [-0.15, -0.1) is 0 Å². The average Bonchev–Trinajstić information content (AvgIpc) is 2.12. The van der Waals surface area contributed by atoms with Crippen LogP contribution < -0.4 is 0 Å². The van der Waals surface area contributed by atoms with E-state index in [2.05, 4.69) is 0 Å². The van der Waals surface area contributed by atoms with Gasteiger partial charge in [0, 0.05) is 17.8 Å². The van der Waals surface area contributed by atoms with Gasteiger partial charge < -0.3 is 0 Å². The molecule has 0 saturated heterocycles. The van der Waals surface area contributed by atoms with E-state index in [1.54, 1.807) is 0 Å². The average molecular weight is 113 g/mol. The van der Waals surface area contributed by atoms with Crippen molar-refractivity contribution in [3.05, 3.63) is 22.3 Å². The zero-order valence-corrected chi connectivity index (χ0v) is 4.41. The first-order chi connectivity index (χ1) is 3.80. The van der Waals surface area contributed by atoms with Gasteiger partial charge in [0.1, 0.15) is 0 Å². The number of nitro groups is 1. The van der Waals surface area contributed by atoms with Crippen molar-refractivity contribution in [3.8, 4) is 0 Å². The Kier molecular flexibility index (Phi) is 1.28. The molecule has 0 aliphatic heterocycles. The summed E-state index contributed by atoms with van der Waals surface area (Å²) in [6.07, 6.45) is 4.95. The monoisotopic (exact) mass is 113 g/mol. The second kappa shape index (κ2) is 1.94. The van der Waals surface area contributed by atoms with Gasteiger partial charge in [-0.1, -0.05) is 12.2 Å². The Morgan fingerprint density at radius 1 is 1.50 bits per heavy atom. The lowest BCUT2D eigenvalue weighted by atomic mass is 10.3. The van der Waals surface area contributed by atoms with Crippen molar-refractivity contribution >= 4 is 0 Å². The molecule has 0 bridgehead atoms. The standard InChI is InChI=1S/C5H7NO2/c7-6(8)5-3-1-2-4-5/h1-2,5H,3-4H2. The van der Waals surface area contributed by atoms with Crippen molar-refractivity contribution in [1.82, 2.24) is 0 Å². The first-order valence-corrected chi connectivity index (χ1v) is 2.59. The zero-order chi connectivity index (χ0) is 5.98. The van der Waals surface area contributed by atoms with Gasteiger partial charge in [-0.2, -0.15) is 0 Å². The van der Waals surface area contributed by atoms with Gasteiger partial charge in [0.05, 0.1) is 0 Å². The van der Waals surface area contributed by atoms with E-state index < -0.39 is 0 Å². The maximum absolute atomic E-state index is 9.97. The molecule has 1 rings (SSSR count). The van der Waals surface area contributed by atoms with Crippen LogP contribution in [0.5, 0.6) is 0 Å². The SMILES string of the molecule is O=[N+]([O-])C1CC=CC1. The molecule has 8 heavy (non-hydrogen) atoms. The molecule has 3 nitrogen and oxygen atoms in total. The number of hydrogen-bond acceptors (Lipinski definition) is 2. The quantitative estimate of drug-likeness (QED) is 0.289. The van der Waals surface area contributed by atoms with Crippen molar-refractivity contribution in [1.29, 1.82) is 0 Å². The molecular weight excluding hydrogens is 106 g/mol. The van der Waals surface area contributed by atoms with E-state index in [-0.39, 0.29) is 11.0 Å². The molecular formula is C5H7NO2. The van der Waals surface area contributed by atoms with Crippen LogP contribution in [0.4, 0.5) is 0 Å². The minimum Gasteiger partial charge on any atom is -0.264 e. The van der Waals surface area contributed by atoms with E-state index in [4.69, 9.17) is 0 Å². The van der Waals surface area contributed by atoms with Crippen LogP contribution >= 0.6 is 0 Å². The molecule has 1 aliphatic carbocycles. The maximum Gasteiger partial charge on any atom is 0.219 e. The topological polar surface area (TPSA) is 43.1 Å². The van der Waals surface area contributed by atoms with Crippen LogP contribution in [0.2, 0.25) is 0 Å². The minimum absolute atomic E-state index is 0.222. The van der Waals surface area contributed by atoms with E-state index in [0.717, 1.165) is 0 Å². The van der Waals surface area contributed by atoms with E-state index >= 15 is 0 Å². The summed E-state index contributed by atoms with van der Waals surface area (Å²) in [4.78, 5) is 9.74. The largest absolute Gasteiger partial charge is 0.264 e. The third-order valence-electron chi connectivity index (χ3n) is 1.28. The molecule has 0 N–H and O–H groups in total. The second-order valence-corrected chi connectivity index (χ2v) is 1.88. The Morgan fingerprint density at radius 2 is 2.00 bits per heavy atom. The van der Waals surface area contributed by atoms with Gasteiger partial charge in [-0.25, -0.2) is 0 Å². The summed E-state index contributed by atoms with van der Waals surface area (Å²) in [5.74, 6) is 0. The third-order valence-corrected chi connectivity index (χ3v) is 1.28. The fraction of sp³-hybridized carbons (Fsp3) is 0.600. The second-order valence-electron chi connectivity index (χ2n) is 1.88. The Bertz CT molecular complexity index is 122. The zero-order valence-electron chi connectivity index (χ0n) is 4.41. The first-order valence-electron chi connectivity index (χ1n) is 2.59. The van der Waals surface area contributed by atoms with Gasteiger partial charge in [0.15, 0.2) is 0 Å². The molecule has 0 radical (unpaired) electrons. The number of rotatable bonds is 1. The van der Waals surface area contributed by atoms with Gasteiger partial charge in [0.25, 0.3) is 0 Å². The van der Waals surface area contributed by atoms with Crippen LogP contribution in [0.15, 0.2) is 12.2 Å². The van der Waals surface area contributed by atoms with Crippen molar-refractivity contribution in [3.63, 3.8) is 0 Å². The van der Waals surface area contributed by atoms with Crippen molar-refractivity contribution < 1.29 is 4.92 Å². The molecule has 0 atom stereocenters. The van der Waals surface area contributed by atoms with Gasteiger partial charge in [-0.05, 0) is 0 Å². The molecule has 0 aromatic carbocycles. The van der Waals surface area contributed by atoms with E-state index in [1.807, 2.05) is 12.2 Å². The van der Waals surface area contributed by atoms with E-state index in [0.29, 0.717) is 12.8 Å². The highest BCUT2D eigenvalue weighted by atomic mass is 16.6. The van der Waals surface area contributed by atoms with E-state index in [9.17, 15) is 10.1 Å². The Balaban J connectivity index is 2.41. The predicted molar refractivity (Wildman–Crippen MR) is 29.2 cm³/mol. The highest BCUT2D eigenvalue weighted by Crippen LogP contribution is 2.11. The van der Waals surface area contributed by atoms with Gasteiger partial charge in [0.2, 0.25) is 6.04 Å². The first kappa shape index (κ1) is 5.28. The summed E-state index contributed by atoms with van der Waals surface area (Å²) >= 11 is 0. The van der Waals surface area contributed by atoms with Crippen LogP contribution in [0, 0.1) is 10.1 Å². The van der Waals surface area contributed by atoms with Crippen LogP contribution in [0.1, 0.15) is 12.8 Å². The third kappa shape index (κ3) is 0.857. The fourth-order valence-electron chi connectivity index (χ4n) is 0.775. The molecule has 0 aromatic heterocycles. The lowest BCUT2D eigenvalue weighted by Gasteiger charge is -1.95. The molecule has 0 fully saturated rings. The van der Waals surface area contributed by atoms with Crippen LogP contribution in [0.25, 0.3) is 0 Å². The Morgan fingerprint density at radius 3 is 2.25 bits per heavy atom. The number of hydrogen-bond donors (Lipinski definition) is 0. The van der Waals surface area contributed by atoms with Crippen LogP contribution in [-0.4, -0.2) is 11.0 Å². The molecule has 0 saturated carbocycles. The van der Waals surface area contributed by atoms with Crippen LogP contribution in [-0.2, 0) is 0 Å². The predicted octanol–water partition coefficient (Wildman–Crippen LogP) is 0.982. The molecule has 0 aromatic rings. The maximum atomic E-state index is 9.97. The van der Waals surface area contributed by atoms with Crippen molar-refractivity contribution in [2.45, 2.75) is 18.9 Å². The summed E-state index contributed by atoms with van der Waals surface area (Å²) < 4.78 is 0. The molecule has 44 valence electrons. The molecule has 3 heteroatoms. The summed E-state index contributed by atoms with van der Waals surface area (Å²) in [7, 11) is 0. The fourth-order valence-corrected chi connectivity index (χ4v) is 0.775. The normalized spacial score (nSPS) is 19.5. The van der Waals surface area contributed by atoms with E-state index in [1.165, 1.54) is 0 Å². The lowest BCUT2D eigenvalue weighted by Crippen LogP contribution is -2.14. The highest BCUT2D eigenvalue weighted by Gasteiger charge is 2.19. The van der Waals surface area contributed by atoms with Crippen LogP contribution in [0.3, 0.4) is 0 Å². The Hall–Kier alpha value is -0.860. The molecule has 0 heterocycles. The summed E-state index contributed by atoms with van der Waals surface area (Å²) in [5.41, 5.74) is 0. The lowest BCUT2D eigenvalue weighted by molar-refractivity contribution is -0.519. The van der Waals surface area contributed by atoms with Crippen molar-refractivity contribution in [2.24, 2.45) is 0 Å². The minimum atomic E-state index is -0.324. The van der Waals surface area contributed by atoms with Gasteiger partial charge in [-0.3, -0.25) is 10.1 Å². The Labute approximate surface area is 47.2 Å². The molecule has 0 amide bonds. The van der Waals surface area contributed by atoms with Gasteiger partial charge >= 0.3 is 0 Å². The molecule has 0 spiro atoms. The number of nitrogens with zero attached hydrogens (tertiary/aromatic N) is 1. The summed E-state index contributed by atoms with van der Waals surface area (Å²) in [5, 5.41) is 9.97. The molecule has 1 aliphatic rings. The smallest absolute Gasteiger partial charge is 0.219 e. The summed E-state index contributed by atoms with van der Waals surface area (Å²) in [6.45, 7) is 0. The molecule has 0 unspecified atom stereocenters. The highest BCUT2D eigenvalue weighted by molar-refractivity contribution is 4.94. The van der Waals surface area contributed by atoms with Crippen molar-refractivity contribution in [2.75, 3.05) is 0 Å².